The third kappa shape index (κ3) is 5.45. The number of benzene rings is 3. The van der Waals surface area contributed by atoms with Crippen LogP contribution in [-0.2, 0) is 14.8 Å². The van der Waals surface area contributed by atoms with Crippen LogP contribution in [0, 0.1) is 5.92 Å². The molecule has 1 saturated carbocycles. The summed E-state index contributed by atoms with van der Waals surface area (Å²) in [5, 5.41) is 0. The monoisotopic (exact) mass is 516 g/mol. The van der Waals surface area contributed by atoms with Crippen LogP contribution in [0.3, 0.4) is 0 Å². The Hall–Kier alpha value is -3.49. The number of nitrogens with zero attached hydrogens (tertiary/aromatic N) is 2. The van der Waals surface area contributed by atoms with Crippen LogP contribution < -0.4 is 4.72 Å². The summed E-state index contributed by atoms with van der Waals surface area (Å²) in [5.74, 6) is 0.735. The average Bonchev–Trinajstić information content (AvgIpc) is 3.37. The molecule has 1 amide bonds. The molecular formula is C29H32N4O3S. The molecule has 1 atom stereocenters. The number of rotatable bonds is 7. The van der Waals surface area contributed by atoms with Crippen molar-refractivity contribution in [3.05, 3.63) is 84.4 Å². The Bertz CT molecular complexity index is 1480. The molecule has 1 aromatic heterocycles. The number of aromatic amines is 1. The van der Waals surface area contributed by atoms with E-state index in [9.17, 15) is 13.2 Å². The van der Waals surface area contributed by atoms with Gasteiger partial charge in [-0.2, -0.15) is 0 Å². The van der Waals surface area contributed by atoms with E-state index in [2.05, 4.69) is 14.7 Å². The Labute approximate surface area is 218 Å². The Morgan fingerprint density at radius 1 is 0.973 bits per heavy atom. The van der Waals surface area contributed by atoms with Crippen molar-refractivity contribution in [1.82, 2.24) is 19.6 Å². The van der Waals surface area contributed by atoms with Crippen LogP contribution in [-0.4, -0.2) is 42.3 Å². The van der Waals surface area contributed by atoms with Gasteiger partial charge in [0.05, 0.1) is 22.0 Å². The first kappa shape index (κ1) is 25.2. The number of sulfonamides is 1. The van der Waals surface area contributed by atoms with Gasteiger partial charge in [0.1, 0.15) is 5.82 Å². The van der Waals surface area contributed by atoms with Crippen LogP contribution in [0.2, 0.25) is 0 Å². The molecule has 4 aromatic rings. The molecule has 7 nitrogen and oxygen atoms in total. The van der Waals surface area contributed by atoms with Crippen molar-refractivity contribution >= 4 is 27.0 Å². The molecule has 0 unspecified atom stereocenters. The van der Waals surface area contributed by atoms with Crippen LogP contribution in [0.25, 0.3) is 22.4 Å². The number of carbonyl (C=O) groups excluding carboxylic acids is 1. The molecule has 192 valence electrons. The van der Waals surface area contributed by atoms with Crippen molar-refractivity contribution in [3.8, 4) is 11.4 Å². The van der Waals surface area contributed by atoms with Crippen molar-refractivity contribution in [2.45, 2.75) is 49.6 Å². The third-order valence-electron chi connectivity index (χ3n) is 7.42. The fourth-order valence-electron chi connectivity index (χ4n) is 5.07. The summed E-state index contributed by atoms with van der Waals surface area (Å²) in [5.41, 5.74) is 3.43. The van der Waals surface area contributed by atoms with E-state index in [1.165, 1.54) is 0 Å². The van der Waals surface area contributed by atoms with Crippen LogP contribution in [0.4, 0.5) is 0 Å². The molecule has 2 N–H and O–H groups in total. The molecule has 0 bridgehead atoms. The van der Waals surface area contributed by atoms with Gasteiger partial charge in [0.15, 0.2) is 0 Å². The summed E-state index contributed by atoms with van der Waals surface area (Å²) in [4.78, 5) is 23.0. The Morgan fingerprint density at radius 2 is 1.62 bits per heavy atom. The number of carbonyl (C=O) groups is 1. The minimum absolute atomic E-state index is 0.00951. The maximum Gasteiger partial charge on any atom is 0.240 e. The van der Waals surface area contributed by atoms with Gasteiger partial charge in [-0.15, -0.1) is 0 Å². The van der Waals surface area contributed by atoms with Gasteiger partial charge in [-0.3, -0.25) is 4.79 Å². The van der Waals surface area contributed by atoms with Crippen molar-refractivity contribution in [3.63, 3.8) is 0 Å². The second kappa shape index (κ2) is 10.5. The zero-order chi connectivity index (χ0) is 26.0. The van der Waals surface area contributed by atoms with E-state index in [1.807, 2.05) is 79.5 Å². The maximum atomic E-state index is 13.2. The topological polar surface area (TPSA) is 95.2 Å². The smallest absolute Gasteiger partial charge is 0.240 e. The standard InChI is InChI=1S/C29H32N4O3S/c1-20(21-9-5-3-6-10-21)33(2)29(34)23-13-15-24(16-14-23)32-37(35,36)25-17-18-26-27(19-25)31-28(30-26)22-11-7-4-8-12-22/h3-12,17-20,23-24,32H,13-16H2,1-2H3,(H,30,31)/t20-,23?,24?/m1/s1. The quantitative estimate of drug-likeness (QED) is 0.349. The molecule has 5 rings (SSSR count). The van der Waals surface area contributed by atoms with E-state index < -0.39 is 10.0 Å². The molecule has 1 fully saturated rings. The molecule has 1 heterocycles. The molecule has 3 aromatic carbocycles. The molecule has 37 heavy (non-hydrogen) atoms. The van der Waals surface area contributed by atoms with Gasteiger partial charge in [0, 0.05) is 24.6 Å². The number of imidazole rings is 1. The highest BCUT2D eigenvalue weighted by atomic mass is 32.2. The highest BCUT2D eigenvalue weighted by Gasteiger charge is 2.32. The Morgan fingerprint density at radius 3 is 2.30 bits per heavy atom. The third-order valence-corrected chi connectivity index (χ3v) is 8.94. The van der Waals surface area contributed by atoms with Gasteiger partial charge in [0.25, 0.3) is 0 Å². The van der Waals surface area contributed by atoms with Gasteiger partial charge >= 0.3 is 0 Å². The first-order valence-corrected chi connectivity index (χ1v) is 14.2. The highest BCUT2D eigenvalue weighted by molar-refractivity contribution is 7.89. The normalized spacial score (nSPS) is 19.0. The summed E-state index contributed by atoms with van der Waals surface area (Å²) in [7, 11) is -1.85. The van der Waals surface area contributed by atoms with Crippen LogP contribution in [0.15, 0.2) is 83.8 Å². The SMILES string of the molecule is C[C@H](c1ccccc1)N(C)C(=O)C1CCC(NS(=O)(=O)c2ccc3nc(-c4ccccc4)[nH]c3c2)CC1. The summed E-state index contributed by atoms with van der Waals surface area (Å²) < 4.78 is 29.2. The van der Waals surface area contributed by atoms with Gasteiger partial charge in [-0.25, -0.2) is 18.1 Å². The van der Waals surface area contributed by atoms with Crippen LogP contribution >= 0.6 is 0 Å². The largest absolute Gasteiger partial charge is 0.339 e. The zero-order valence-electron chi connectivity index (χ0n) is 21.1. The lowest BCUT2D eigenvalue weighted by Gasteiger charge is -2.33. The highest BCUT2D eigenvalue weighted by Crippen LogP contribution is 2.30. The Kier molecular flexibility index (Phi) is 7.13. The lowest BCUT2D eigenvalue weighted by atomic mass is 9.85. The second-order valence-corrected chi connectivity index (χ2v) is 11.6. The summed E-state index contributed by atoms with van der Waals surface area (Å²) in [6.07, 6.45) is 2.59. The van der Waals surface area contributed by atoms with Crippen molar-refractivity contribution < 1.29 is 13.2 Å². The Balaban J connectivity index is 1.21. The first-order chi connectivity index (χ1) is 17.8. The molecule has 0 aliphatic heterocycles. The number of hydrogen-bond donors (Lipinski definition) is 2. The minimum atomic E-state index is -3.70. The molecule has 8 heteroatoms. The minimum Gasteiger partial charge on any atom is -0.339 e. The van der Waals surface area contributed by atoms with E-state index in [0.717, 1.165) is 11.1 Å². The number of fused-ring (bicyclic) bond motifs is 1. The predicted octanol–water partition coefficient (Wildman–Crippen LogP) is 5.29. The lowest BCUT2D eigenvalue weighted by molar-refractivity contribution is -0.137. The average molecular weight is 517 g/mol. The summed E-state index contributed by atoms with van der Waals surface area (Å²) in [6, 6.07) is 24.5. The van der Waals surface area contributed by atoms with Crippen molar-refractivity contribution in [2.24, 2.45) is 5.92 Å². The number of hydrogen-bond acceptors (Lipinski definition) is 4. The van der Waals surface area contributed by atoms with Gasteiger partial charge in [-0.05, 0) is 56.4 Å². The van der Waals surface area contributed by atoms with Gasteiger partial charge in [-0.1, -0.05) is 60.7 Å². The molecule has 1 aliphatic carbocycles. The first-order valence-electron chi connectivity index (χ1n) is 12.7. The zero-order valence-corrected chi connectivity index (χ0v) is 21.9. The van der Waals surface area contributed by atoms with Crippen LogP contribution in [0.5, 0.6) is 0 Å². The molecule has 0 radical (unpaired) electrons. The molecular weight excluding hydrogens is 484 g/mol. The van der Waals surface area contributed by atoms with E-state index in [-0.39, 0.29) is 28.8 Å². The maximum absolute atomic E-state index is 13.2. The van der Waals surface area contributed by atoms with Crippen molar-refractivity contribution in [1.29, 1.82) is 0 Å². The number of aromatic nitrogens is 2. The van der Waals surface area contributed by atoms with Crippen LogP contribution in [0.1, 0.15) is 44.2 Å². The second-order valence-electron chi connectivity index (χ2n) is 9.84. The predicted molar refractivity (Wildman–Crippen MR) is 145 cm³/mol. The molecule has 1 aliphatic rings. The van der Waals surface area contributed by atoms with E-state index in [1.54, 1.807) is 18.2 Å². The van der Waals surface area contributed by atoms with Crippen molar-refractivity contribution in [2.75, 3.05) is 7.05 Å². The fourth-order valence-corrected chi connectivity index (χ4v) is 6.40. The molecule has 0 spiro atoms. The van der Waals surface area contributed by atoms with E-state index in [0.29, 0.717) is 42.5 Å². The van der Waals surface area contributed by atoms with E-state index in [4.69, 9.17) is 0 Å². The summed E-state index contributed by atoms with van der Waals surface area (Å²) in [6.45, 7) is 2.03. The summed E-state index contributed by atoms with van der Waals surface area (Å²) >= 11 is 0. The molecule has 0 saturated heterocycles. The fraction of sp³-hybridized carbons (Fsp3) is 0.310. The van der Waals surface area contributed by atoms with Gasteiger partial charge < -0.3 is 9.88 Å². The number of H-pyrrole nitrogens is 1. The lowest BCUT2D eigenvalue weighted by Crippen LogP contribution is -2.41. The number of amides is 1. The van der Waals surface area contributed by atoms with E-state index >= 15 is 0 Å². The van der Waals surface area contributed by atoms with Gasteiger partial charge in [0.2, 0.25) is 15.9 Å². The number of nitrogens with one attached hydrogen (secondary N) is 2.